The third-order valence-electron chi connectivity index (χ3n) is 4.58. The molecule has 0 spiro atoms. The number of carbonyl (C=O) groups is 1. The molecule has 0 fully saturated rings. The molecule has 1 atom stereocenters. The van der Waals surface area contributed by atoms with Gasteiger partial charge in [-0.2, -0.15) is 0 Å². The number of aliphatic carboxylic acids is 1. The molecule has 0 aliphatic heterocycles. The normalized spacial score (nSPS) is 13.2. The van der Waals surface area contributed by atoms with Crippen molar-refractivity contribution in [3.63, 3.8) is 0 Å². The SMILES string of the molecule is Cc1cc2nc(CC(C)C)sc2c(-c2ccccc2)c1[C@H](OC(C)(C)C)C(=O)O. The van der Waals surface area contributed by atoms with E-state index in [9.17, 15) is 9.90 Å². The van der Waals surface area contributed by atoms with E-state index in [1.807, 2.05) is 64.1 Å². The molecule has 1 aromatic heterocycles. The van der Waals surface area contributed by atoms with Crippen LogP contribution >= 0.6 is 11.3 Å². The zero-order valence-corrected chi connectivity index (χ0v) is 18.8. The van der Waals surface area contributed by atoms with Crippen LogP contribution in [-0.4, -0.2) is 21.7 Å². The number of hydrogen-bond acceptors (Lipinski definition) is 4. The minimum Gasteiger partial charge on any atom is -0.479 e. The van der Waals surface area contributed by atoms with Gasteiger partial charge < -0.3 is 9.84 Å². The van der Waals surface area contributed by atoms with Gasteiger partial charge in [-0.1, -0.05) is 44.2 Å². The highest BCUT2D eigenvalue weighted by Crippen LogP contribution is 2.42. The van der Waals surface area contributed by atoms with Crippen molar-refractivity contribution >= 4 is 27.5 Å². The van der Waals surface area contributed by atoms with Crippen LogP contribution in [0.4, 0.5) is 0 Å². The molecule has 3 aromatic rings. The predicted octanol–water partition coefficient (Wildman–Crippen LogP) is 6.41. The molecule has 1 N–H and O–H groups in total. The molecule has 0 unspecified atom stereocenters. The molecule has 154 valence electrons. The molecule has 0 amide bonds. The summed E-state index contributed by atoms with van der Waals surface area (Å²) in [6.07, 6.45) is -0.145. The van der Waals surface area contributed by atoms with E-state index in [0.717, 1.165) is 38.3 Å². The van der Waals surface area contributed by atoms with Gasteiger partial charge in [0.15, 0.2) is 6.10 Å². The van der Waals surface area contributed by atoms with Gasteiger partial charge in [-0.15, -0.1) is 11.3 Å². The third kappa shape index (κ3) is 4.85. The van der Waals surface area contributed by atoms with Gasteiger partial charge in [0.1, 0.15) is 0 Å². The largest absolute Gasteiger partial charge is 0.479 e. The number of thiazole rings is 1. The van der Waals surface area contributed by atoms with Gasteiger partial charge in [0.25, 0.3) is 0 Å². The Morgan fingerprint density at radius 3 is 2.41 bits per heavy atom. The van der Waals surface area contributed by atoms with Crippen LogP contribution in [0.1, 0.15) is 56.9 Å². The van der Waals surface area contributed by atoms with Gasteiger partial charge in [-0.05, 0) is 50.8 Å². The summed E-state index contributed by atoms with van der Waals surface area (Å²) in [7, 11) is 0. The molecule has 0 bridgehead atoms. The lowest BCUT2D eigenvalue weighted by atomic mass is 9.91. The molecular formula is C24H29NO3S. The minimum atomic E-state index is -1.05. The lowest BCUT2D eigenvalue weighted by molar-refractivity contribution is -0.160. The van der Waals surface area contributed by atoms with Crippen LogP contribution in [0.3, 0.4) is 0 Å². The topological polar surface area (TPSA) is 59.4 Å². The van der Waals surface area contributed by atoms with E-state index in [4.69, 9.17) is 9.72 Å². The Balaban J connectivity index is 2.33. The van der Waals surface area contributed by atoms with Crippen LogP contribution in [0.15, 0.2) is 36.4 Å². The zero-order valence-electron chi connectivity index (χ0n) is 17.9. The Kier molecular flexibility index (Phi) is 6.11. The van der Waals surface area contributed by atoms with E-state index >= 15 is 0 Å². The molecule has 29 heavy (non-hydrogen) atoms. The fourth-order valence-corrected chi connectivity index (χ4v) is 4.84. The maximum atomic E-state index is 12.3. The number of aromatic nitrogens is 1. The van der Waals surface area contributed by atoms with Crippen molar-refractivity contribution in [1.82, 2.24) is 4.98 Å². The number of aryl methyl sites for hydroxylation is 1. The van der Waals surface area contributed by atoms with Gasteiger partial charge in [-0.25, -0.2) is 9.78 Å². The molecule has 0 radical (unpaired) electrons. The van der Waals surface area contributed by atoms with E-state index in [1.54, 1.807) is 11.3 Å². The van der Waals surface area contributed by atoms with Crippen LogP contribution in [0.25, 0.3) is 21.3 Å². The first-order valence-electron chi connectivity index (χ1n) is 9.95. The van der Waals surface area contributed by atoms with Crippen molar-refractivity contribution < 1.29 is 14.6 Å². The first kappa shape index (κ1) is 21.5. The van der Waals surface area contributed by atoms with Gasteiger partial charge in [0.05, 0.1) is 20.8 Å². The van der Waals surface area contributed by atoms with E-state index in [1.165, 1.54) is 0 Å². The van der Waals surface area contributed by atoms with Gasteiger partial charge in [0, 0.05) is 17.5 Å². The molecule has 3 rings (SSSR count). The average molecular weight is 412 g/mol. The predicted molar refractivity (Wildman–Crippen MR) is 120 cm³/mol. The highest BCUT2D eigenvalue weighted by Gasteiger charge is 2.32. The summed E-state index contributed by atoms with van der Waals surface area (Å²) in [5, 5.41) is 11.1. The second-order valence-corrected chi connectivity index (χ2v) is 9.93. The molecular weight excluding hydrogens is 382 g/mol. The molecule has 5 heteroatoms. The molecule has 0 saturated carbocycles. The van der Waals surface area contributed by atoms with Crippen LogP contribution in [0.5, 0.6) is 0 Å². The number of fused-ring (bicyclic) bond motifs is 1. The number of hydrogen-bond donors (Lipinski definition) is 1. The molecule has 1 heterocycles. The summed E-state index contributed by atoms with van der Waals surface area (Å²) < 4.78 is 7.06. The lowest BCUT2D eigenvalue weighted by Gasteiger charge is -2.28. The van der Waals surface area contributed by atoms with Crippen LogP contribution in [0, 0.1) is 12.8 Å². The number of rotatable bonds is 6. The van der Waals surface area contributed by atoms with Crippen molar-refractivity contribution in [2.24, 2.45) is 5.92 Å². The molecule has 0 aliphatic carbocycles. The fourth-order valence-electron chi connectivity index (χ4n) is 3.51. The van der Waals surface area contributed by atoms with Crippen molar-refractivity contribution in [2.75, 3.05) is 0 Å². The summed E-state index contributed by atoms with van der Waals surface area (Å²) in [5.74, 6) is -0.473. The Hall–Kier alpha value is -2.24. The van der Waals surface area contributed by atoms with Gasteiger partial charge in [-0.3, -0.25) is 0 Å². The summed E-state index contributed by atoms with van der Waals surface area (Å²) in [6, 6.07) is 12.0. The van der Waals surface area contributed by atoms with Crippen LogP contribution < -0.4 is 0 Å². The maximum absolute atomic E-state index is 12.3. The van der Waals surface area contributed by atoms with E-state index < -0.39 is 17.7 Å². The smallest absolute Gasteiger partial charge is 0.337 e. The quantitative estimate of drug-likeness (QED) is 0.509. The number of nitrogens with zero attached hydrogens (tertiary/aromatic N) is 1. The number of ether oxygens (including phenoxy) is 1. The molecule has 2 aromatic carbocycles. The second-order valence-electron chi connectivity index (χ2n) is 8.85. The maximum Gasteiger partial charge on any atom is 0.337 e. The number of carboxylic acids is 1. The number of carboxylic acid groups (broad SMARTS) is 1. The van der Waals surface area contributed by atoms with Crippen molar-refractivity contribution in [3.8, 4) is 11.1 Å². The van der Waals surface area contributed by atoms with Crippen molar-refractivity contribution in [2.45, 2.75) is 59.7 Å². The van der Waals surface area contributed by atoms with E-state index in [0.29, 0.717) is 11.5 Å². The Morgan fingerprint density at radius 2 is 1.86 bits per heavy atom. The summed E-state index contributed by atoms with van der Waals surface area (Å²) in [5.41, 5.74) is 3.84. The van der Waals surface area contributed by atoms with Crippen LogP contribution in [0.2, 0.25) is 0 Å². The Bertz CT molecular complexity index is 1020. The Labute approximate surface area is 176 Å². The monoisotopic (exact) mass is 411 g/mol. The first-order chi connectivity index (χ1) is 13.6. The van der Waals surface area contributed by atoms with Crippen LogP contribution in [-0.2, 0) is 16.0 Å². The zero-order chi connectivity index (χ0) is 21.3. The van der Waals surface area contributed by atoms with E-state index in [-0.39, 0.29) is 0 Å². The Morgan fingerprint density at radius 1 is 1.21 bits per heavy atom. The summed E-state index contributed by atoms with van der Waals surface area (Å²) in [6.45, 7) is 12.0. The highest BCUT2D eigenvalue weighted by molar-refractivity contribution is 7.19. The fraction of sp³-hybridized carbons (Fsp3) is 0.417. The lowest BCUT2D eigenvalue weighted by Crippen LogP contribution is -2.28. The third-order valence-corrected chi connectivity index (χ3v) is 5.69. The average Bonchev–Trinajstić information content (AvgIpc) is 2.99. The minimum absolute atomic E-state index is 0.507. The molecule has 0 saturated heterocycles. The molecule has 4 nitrogen and oxygen atoms in total. The van der Waals surface area contributed by atoms with Gasteiger partial charge >= 0.3 is 5.97 Å². The van der Waals surface area contributed by atoms with Gasteiger partial charge in [0.2, 0.25) is 0 Å². The standard InChI is InChI=1S/C24H29NO3S/c1-14(2)12-18-25-17-13-15(3)19(21(23(26)27)28-24(4,5)6)20(22(17)29-18)16-10-8-7-9-11-16/h7-11,13-14,21H,12H2,1-6H3,(H,26,27)/t21-/m0/s1. The van der Waals surface area contributed by atoms with Crippen molar-refractivity contribution in [1.29, 1.82) is 0 Å². The molecule has 0 aliphatic rings. The number of benzene rings is 2. The summed E-state index contributed by atoms with van der Waals surface area (Å²) in [4.78, 5) is 17.1. The van der Waals surface area contributed by atoms with Crippen molar-refractivity contribution in [3.05, 3.63) is 52.5 Å². The first-order valence-corrected chi connectivity index (χ1v) is 10.8. The summed E-state index contributed by atoms with van der Waals surface area (Å²) >= 11 is 1.66. The van der Waals surface area contributed by atoms with E-state index in [2.05, 4.69) is 13.8 Å². The highest BCUT2D eigenvalue weighted by atomic mass is 32.1. The second kappa shape index (κ2) is 8.25.